The zero-order valence-corrected chi connectivity index (χ0v) is 13.3. The van der Waals surface area contributed by atoms with Crippen molar-refractivity contribution in [2.24, 2.45) is 10.2 Å². The monoisotopic (exact) mass is 325 g/mol. The summed E-state index contributed by atoms with van der Waals surface area (Å²) in [6.45, 7) is 0.817. The SMILES string of the molecule is C#CCCC1(CCC(=O)NCCn2c(=O)[nH]c3ccccc32)N=N1. The molecule has 0 fully saturated rings. The summed E-state index contributed by atoms with van der Waals surface area (Å²) in [5, 5.41) is 10.9. The summed E-state index contributed by atoms with van der Waals surface area (Å²) in [6, 6.07) is 7.47. The molecular formula is C17H19N5O2. The Morgan fingerprint density at radius 2 is 2.12 bits per heavy atom. The normalized spacial score (nSPS) is 14.5. The smallest absolute Gasteiger partial charge is 0.326 e. The number of amides is 1. The van der Waals surface area contributed by atoms with Crippen LogP contribution in [0.5, 0.6) is 0 Å². The van der Waals surface area contributed by atoms with E-state index in [2.05, 4.69) is 26.4 Å². The number of benzene rings is 1. The fourth-order valence-electron chi connectivity index (χ4n) is 2.71. The molecule has 0 aliphatic carbocycles. The number of nitrogens with one attached hydrogen (secondary N) is 2. The van der Waals surface area contributed by atoms with E-state index in [1.54, 1.807) is 4.57 Å². The number of H-pyrrole nitrogens is 1. The molecular weight excluding hydrogens is 306 g/mol. The van der Waals surface area contributed by atoms with Gasteiger partial charge in [0, 0.05) is 38.8 Å². The second kappa shape index (κ2) is 6.71. The van der Waals surface area contributed by atoms with Crippen molar-refractivity contribution >= 4 is 16.9 Å². The Hall–Kier alpha value is -2.88. The number of fused-ring (bicyclic) bond motifs is 1. The number of aromatic amines is 1. The molecule has 0 radical (unpaired) electrons. The molecule has 0 spiro atoms. The Morgan fingerprint density at radius 1 is 1.33 bits per heavy atom. The third-order valence-corrected chi connectivity index (χ3v) is 4.14. The van der Waals surface area contributed by atoms with Crippen LogP contribution in [0.15, 0.2) is 39.3 Å². The van der Waals surface area contributed by atoms with Crippen molar-refractivity contribution < 1.29 is 4.79 Å². The Morgan fingerprint density at radius 3 is 2.88 bits per heavy atom. The molecule has 7 heteroatoms. The maximum absolute atomic E-state index is 11.9. The van der Waals surface area contributed by atoms with Crippen molar-refractivity contribution in [3.05, 3.63) is 34.7 Å². The third-order valence-electron chi connectivity index (χ3n) is 4.14. The van der Waals surface area contributed by atoms with Crippen molar-refractivity contribution in [3.8, 4) is 12.3 Å². The first kappa shape index (κ1) is 16.0. The van der Waals surface area contributed by atoms with Crippen LogP contribution in [0, 0.1) is 12.3 Å². The van der Waals surface area contributed by atoms with Crippen LogP contribution in [0.3, 0.4) is 0 Å². The lowest BCUT2D eigenvalue weighted by Crippen LogP contribution is -2.30. The molecule has 2 N–H and O–H groups in total. The minimum atomic E-state index is -0.433. The van der Waals surface area contributed by atoms with E-state index in [9.17, 15) is 9.59 Å². The summed E-state index contributed by atoms with van der Waals surface area (Å²) in [4.78, 5) is 26.7. The van der Waals surface area contributed by atoms with Crippen LogP contribution in [0.25, 0.3) is 11.0 Å². The summed E-state index contributed by atoms with van der Waals surface area (Å²) < 4.78 is 1.62. The average molecular weight is 325 g/mol. The van der Waals surface area contributed by atoms with E-state index in [0.717, 1.165) is 11.0 Å². The van der Waals surface area contributed by atoms with Gasteiger partial charge in [-0.15, -0.1) is 12.3 Å². The number of para-hydroxylation sites is 2. The van der Waals surface area contributed by atoms with E-state index in [1.165, 1.54) is 0 Å². The van der Waals surface area contributed by atoms with Crippen LogP contribution in [-0.4, -0.2) is 27.7 Å². The van der Waals surface area contributed by atoms with Crippen LogP contribution in [0.1, 0.15) is 25.7 Å². The molecule has 124 valence electrons. The van der Waals surface area contributed by atoms with Crippen LogP contribution < -0.4 is 11.0 Å². The zero-order valence-electron chi connectivity index (χ0n) is 13.3. The highest BCUT2D eigenvalue weighted by atomic mass is 16.2. The first-order valence-corrected chi connectivity index (χ1v) is 7.95. The number of carbonyl (C=O) groups is 1. The van der Waals surface area contributed by atoms with Gasteiger partial charge in [0.25, 0.3) is 0 Å². The van der Waals surface area contributed by atoms with Crippen LogP contribution >= 0.6 is 0 Å². The van der Waals surface area contributed by atoms with Gasteiger partial charge < -0.3 is 10.3 Å². The van der Waals surface area contributed by atoms with Crippen molar-refractivity contribution in [1.29, 1.82) is 0 Å². The number of hydrogen-bond donors (Lipinski definition) is 2. The predicted molar refractivity (Wildman–Crippen MR) is 90.5 cm³/mol. The Labute approximate surface area is 139 Å². The average Bonchev–Trinajstić information content (AvgIpc) is 3.29. The van der Waals surface area contributed by atoms with Crippen LogP contribution in [-0.2, 0) is 11.3 Å². The number of nitrogens with zero attached hydrogens (tertiary/aromatic N) is 3. The molecule has 0 saturated carbocycles. The molecule has 2 heterocycles. The number of carbonyl (C=O) groups excluding carboxylic acids is 1. The second-order valence-corrected chi connectivity index (χ2v) is 5.84. The first-order chi connectivity index (χ1) is 11.6. The lowest BCUT2D eigenvalue weighted by Gasteiger charge is -2.09. The molecule has 7 nitrogen and oxygen atoms in total. The lowest BCUT2D eigenvalue weighted by molar-refractivity contribution is -0.121. The summed E-state index contributed by atoms with van der Waals surface area (Å²) in [5.74, 6) is 2.50. The zero-order chi connectivity index (χ0) is 17.0. The molecule has 0 unspecified atom stereocenters. The number of terminal acetylenes is 1. The van der Waals surface area contributed by atoms with Crippen molar-refractivity contribution in [3.63, 3.8) is 0 Å². The molecule has 0 bridgehead atoms. The van der Waals surface area contributed by atoms with E-state index >= 15 is 0 Å². The standard InChI is InChI=1S/C17H19N5O2/c1-2-3-9-17(20-21-17)10-8-15(23)18-11-12-22-14-7-5-4-6-13(14)19-16(22)24/h1,4-7H,3,8-12H2,(H,18,23)(H,19,24). The van der Waals surface area contributed by atoms with Crippen molar-refractivity contribution in [1.82, 2.24) is 14.9 Å². The van der Waals surface area contributed by atoms with Gasteiger partial charge in [0.15, 0.2) is 5.66 Å². The second-order valence-electron chi connectivity index (χ2n) is 5.84. The van der Waals surface area contributed by atoms with E-state index in [0.29, 0.717) is 38.8 Å². The molecule has 2 aromatic rings. The predicted octanol–water partition coefficient (Wildman–Crippen LogP) is 1.80. The number of aromatic nitrogens is 2. The lowest BCUT2D eigenvalue weighted by atomic mass is 10.0. The van der Waals surface area contributed by atoms with E-state index in [-0.39, 0.29) is 11.6 Å². The Balaban J connectivity index is 1.46. The maximum atomic E-state index is 11.9. The molecule has 1 aliphatic rings. The number of rotatable bonds is 8. The largest absolute Gasteiger partial charge is 0.354 e. The molecule has 0 saturated heterocycles. The summed E-state index contributed by atoms with van der Waals surface area (Å²) in [5.41, 5.74) is 1.02. The van der Waals surface area contributed by atoms with E-state index in [1.807, 2.05) is 24.3 Å². The highest BCUT2D eigenvalue weighted by molar-refractivity contribution is 5.76. The fourth-order valence-corrected chi connectivity index (χ4v) is 2.71. The molecule has 1 amide bonds. The minimum absolute atomic E-state index is 0.0692. The number of imidazole rings is 1. The molecule has 1 aromatic heterocycles. The van der Waals surface area contributed by atoms with Crippen molar-refractivity contribution in [2.45, 2.75) is 37.9 Å². The summed E-state index contributed by atoms with van der Waals surface area (Å²) >= 11 is 0. The van der Waals surface area contributed by atoms with E-state index < -0.39 is 5.66 Å². The van der Waals surface area contributed by atoms with Gasteiger partial charge in [-0.05, 0) is 12.1 Å². The molecule has 1 aliphatic heterocycles. The van der Waals surface area contributed by atoms with Crippen LogP contribution in [0.2, 0.25) is 0 Å². The third kappa shape index (κ3) is 3.54. The van der Waals surface area contributed by atoms with Gasteiger partial charge >= 0.3 is 5.69 Å². The van der Waals surface area contributed by atoms with Gasteiger partial charge in [-0.1, -0.05) is 12.1 Å². The highest BCUT2D eigenvalue weighted by Crippen LogP contribution is 2.37. The van der Waals surface area contributed by atoms with E-state index in [4.69, 9.17) is 6.42 Å². The van der Waals surface area contributed by atoms with Crippen molar-refractivity contribution in [2.75, 3.05) is 6.54 Å². The Bertz CT molecular complexity index is 865. The van der Waals surface area contributed by atoms with Crippen LogP contribution in [0.4, 0.5) is 0 Å². The minimum Gasteiger partial charge on any atom is -0.354 e. The molecule has 3 rings (SSSR count). The topological polar surface area (TPSA) is 91.6 Å². The van der Waals surface area contributed by atoms with Gasteiger partial charge in [0.05, 0.1) is 11.0 Å². The van der Waals surface area contributed by atoms with Gasteiger partial charge in [0.2, 0.25) is 5.91 Å². The van der Waals surface area contributed by atoms with Gasteiger partial charge in [-0.3, -0.25) is 9.36 Å². The van der Waals surface area contributed by atoms with Gasteiger partial charge in [-0.2, -0.15) is 10.2 Å². The number of hydrogen-bond acceptors (Lipinski definition) is 4. The summed E-state index contributed by atoms with van der Waals surface area (Å²) in [6.07, 6.45) is 7.47. The highest BCUT2D eigenvalue weighted by Gasteiger charge is 2.39. The quantitative estimate of drug-likeness (QED) is 0.724. The molecule has 1 aromatic carbocycles. The van der Waals surface area contributed by atoms with Gasteiger partial charge in [0.1, 0.15) is 0 Å². The molecule has 24 heavy (non-hydrogen) atoms. The molecule has 0 atom stereocenters. The first-order valence-electron chi connectivity index (χ1n) is 7.95. The van der Waals surface area contributed by atoms with Gasteiger partial charge in [-0.25, -0.2) is 4.79 Å². The fraction of sp³-hybridized carbons (Fsp3) is 0.412. The maximum Gasteiger partial charge on any atom is 0.326 e. The summed E-state index contributed by atoms with van der Waals surface area (Å²) in [7, 11) is 0. The Kier molecular flexibility index (Phi) is 4.47.